The molecule has 0 bridgehead atoms. The van der Waals surface area contributed by atoms with Crippen LogP contribution in [0.25, 0.3) is 0 Å². The maximum atomic E-state index is 3.10. The summed E-state index contributed by atoms with van der Waals surface area (Å²) in [6.45, 7) is 0. The first-order valence-electron chi connectivity index (χ1n) is 23.3. The second-order valence-corrected chi connectivity index (χ2v) is 19.4. The molecule has 1 aliphatic heterocycles. The van der Waals surface area contributed by atoms with E-state index in [1.807, 2.05) is 11.1 Å². The number of hydrogen-bond donors (Lipinski definition) is 0. The smallest absolute Gasteiger partial charge is 0.0597 e. The van der Waals surface area contributed by atoms with E-state index in [9.17, 15) is 0 Å². The molecule has 0 spiro atoms. The SMILES string of the molecule is C1=C[C@H](C2CCC3CCCCC3C2)CC=C1N(C1=CC[C@@H](C2=CCCCC2)CC1)[C@H]1CC2=C(CCCC2)C2C1C1=CCCC=C1N2C1CCCCC1. The van der Waals surface area contributed by atoms with Gasteiger partial charge < -0.3 is 9.80 Å². The van der Waals surface area contributed by atoms with Crippen LogP contribution < -0.4 is 0 Å². The summed E-state index contributed by atoms with van der Waals surface area (Å²) in [5.74, 6) is 5.15. The van der Waals surface area contributed by atoms with Crippen molar-refractivity contribution in [2.24, 2.45) is 35.5 Å². The number of fused-ring (bicyclic) bond motifs is 5. The van der Waals surface area contributed by atoms with Crippen LogP contribution in [-0.2, 0) is 0 Å². The standard InChI is InChI=1S/C50H70N2/c1-3-13-35(14-4-1)37-25-29-43(30-26-37)51(44-31-27-38(28-32-44)40-24-23-36-15-7-8-16-39(36)33-40)48-34-41-17-9-10-20-45(41)50-49(48)46-21-11-12-22-47(46)52(50)42-18-5-2-6-19-42/h13,21-22,27,29,31-32,36-40,42,48-50H,1-12,14-20,23-26,28,30,33-34H2/t36?,37-,38+,39?,40?,48+,49?,50?/m1/s1. The van der Waals surface area contributed by atoms with Crippen LogP contribution in [0.15, 0.2) is 81.9 Å². The minimum absolute atomic E-state index is 0.546. The second-order valence-electron chi connectivity index (χ2n) is 19.4. The molecule has 0 aromatic heterocycles. The van der Waals surface area contributed by atoms with Gasteiger partial charge in [0.2, 0.25) is 0 Å². The molecule has 0 aromatic carbocycles. The van der Waals surface area contributed by atoms with Gasteiger partial charge in [0, 0.05) is 35.1 Å². The third-order valence-electron chi connectivity index (χ3n) is 16.7. The van der Waals surface area contributed by atoms with Crippen molar-refractivity contribution in [3.8, 4) is 0 Å². The van der Waals surface area contributed by atoms with E-state index in [2.05, 4.69) is 52.3 Å². The predicted octanol–water partition coefficient (Wildman–Crippen LogP) is 13.4. The van der Waals surface area contributed by atoms with Gasteiger partial charge in [-0.05, 0) is 175 Å². The number of hydrogen-bond acceptors (Lipinski definition) is 2. The van der Waals surface area contributed by atoms with Crippen LogP contribution in [0.4, 0.5) is 0 Å². The van der Waals surface area contributed by atoms with Crippen LogP contribution >= 0.6 is 0 Å². The molecule has 280 valence electrons. The Morgan fingerprint density at radius 1 is 0.615 bits per heavy atom. The van der Waals surface area contributed by atoms with E-state index in [0.717, 1.165) is 35.6 Å². The van der Waals surface area contributed by atoms with Crippen molar-refractivity contribution in [3.05, 3.63) is 81.9 Å². The highest BCUT2D eigenvalue weighted by Crippen LogP contribution is 2.56. The highest BCUT2D eigenvalue weighted by Gasteiger charge is 2.54. The van der Waals surface area contributed by atoms with Gasteiger partial charge in [-0.25, -0.2) is 0 Å². The summed E-state index contributed by atoms with van der Waals surface area (Å²) in [6.07, 6.45) is 56.7. The van der Waals surface area contributed by atoms with Crippen LogP contribution in [0.5, 0.6) is 0 Å². The summed E-state index contributed by atoms with van der Waals surface area (Å²) in [5.41, 5.74) is 12.3. The first-order valence-corrected chi connectivity index (χ1v) is 23.3. The maximum absolute atomic E-state index is 3.10. The van der Waals surface area contributed by atoms with Gasteiger partial charge in [0.25, 0.3) is 0 Å². The molecule has 10 rings (SSSR count). The van der Waals surface area contributed by atoms with Crippen molar-refractivity contribution < 1.29 is 0 Å². The molecule has 5 unspecified atom stereocenters. The van der Waals surface area contributed by atoms with Crippen molar-refractivity contribution in [1.82, 2.24) is 9.80 Å². The number of allylic oxidation sites excluding steroid dienone is 10. The van der Waals surface area contributed by atoms with Gasteiger partial charge in [-0.15, -0.1) is 0 Å². The monoisotopic (exact) mass is 699 g/mol. The van der Waals surface area contributed by atoms with Crippen LogP contribution in [0.1, 0.15) is 173 Å². The molecule has 8 atom stereocenters. The molecule has 10 aliphatic rings. The summed E-state index contributed by atoms with van der Waals surface area (Å²) in [6, 6.07) is 1.89. The van der Waals surface area contributed by atoms with E-state index in [1.54, 1.807) is 28.2 Å². The molecule has 0 radical (unpaired) electrons. The zero-order chi connectivity index (χ0) is 34.4. The maximum Gasteiger partial charge on any atom is 0.0597 e. The molecule has 4 fully saturated rings. The second kappa shape index (κ2) is 15.1. The van der Waals surface area contributed by atoms with Gasteiger partial charge in [0.1, 0.15) is 0 Å². The Morgan fingerprint density at radius 3 is 2.27 bits per heavy atom. The quantitative estimate of drug-likeness (QED) is 0.255. The highest BCUT2D eigenvalue weighted by atomic mass is 15.3. The lowest BCUT2D eigenvalue weighted by molar-refractivity contribution is 0.109. The van der Waals surface area contributed by atoms with Gasteiger partial charge in [0.05, 0.1) is 6.04 Å². The minimum atomic E-state index is 0.546. The average Bonchev–Trinajstić information content (AvgIpc) is 3.58. The molecule has 0 aromatic rings. The minimum Gasteiger partial charge on any atom is -0.361 e. The van der Waals surface area contributed by atoms with E-state index in [0.29, 0.717) is 18.0 Å². The fourth-order valence-corrected chi connectivity index (χ4v) is 14.2. The van der Waals surface area contributed by atoms with Crippen molar-refractivity contribution in [2.75, 3.05) is 0 Å². The average molecular weight is 699 g/mol. The summed E-state index contributed by atoms with van der Waals surface area (Å²) in [5, 5.41) is 0. The molecule has 2 nitrogen and oxygen atoms in total. The summed E-state index contributed by atoms with van der Waals surface area (Å²) in [4.78, 5) is 6.15. The van der Waals surface area contributed by atoms with E-state index in [4.69, 9.17) is 0 Å². The third kappa shape index (κ3) is 6.40. The van der Waals surface area contributed by atoms with Crippen LogP contribution in [0.2, 0.25) is 0 Å². The van der Waals surface area contributed by atoms with Gasteiger partial charge in [-0.3, -0.25) is 0 Å². The van der Waals surface area contributed by atoms with Crippen LogP contribution in [0.3, 0.4) is 0 Å². The first-order chi connectivity index (χ1) is 25.8. The van der Waals surface area contributed by atoms with Crippen molar-refractivity contribution in [2.45, 2.75) is 191 Å². The zero-order valence-corrected chi connectivity index (χ0v) is 32.7. The van der Waals surface area contributed by atoms with E-state index < -0.39 is 0 Å². The third-order valence-corrected chi connectivity index (χ3v) is 16.7. The summed E-state index contributed by atoms with van der Waals surface area (Å²) < 4.78 is 0. The summed E-state index contributed by atoms with van der Waals surface area (Å²) in [7, 11) is 0. The molecule has 2 heteroatoms. The predicted molar refractivity (Wildman–Crippen MR) is 217 cm³/mol. The van der Waals surface area contributed by atoms with Crippen molar-refractivity contribution in [1.29, 1.82) is 0 Å². The molecule has 3 saturated carbocycles. The molecule has 0 N–H and O–H groups in total. The number of nitrogens with zero attached hydrogens (tertiary/aromatic N) is 2. The first kappa shape index (κ1) is 34.3. The van der Waals surface area contributed by atoms with Gasteiger partial charge >= 0.3 is 0 Å². The summed E-state index contributed by atoms with van der Waals surface area (Å²) >= 11 is 0. The Labute approximate surface area is 317 Å². The van der Waals surface area contributed by atoms with E-state index >= 15 is 0 Å². The molecule has 1 saturated heterocycles. The van der Waals surface area contributed by atoms with Gasteiger partial charge in [-0.2, -0.15) is 0 Å². The zero-order valence-electron chi connectivity index (χ0n) is 32.7. The Bertz CT molecular complexity index is 1560. The van der Waals surface area contributed by atoms with Crippen molar-refractivity contribution in [3.63, 3.8) is 0 Å². The molecule has 1 heterocycles. The number of likely N-dealkylation sites (tertiary alicyclic amines) is 1. The van der Waals surface area contributed by atoms with Crippen LogP contribution in [0, 0.1) is 35.5 Å². The van der Waals surface area contributed by atoms with Crippen LogP contribution in [-0.4, -0.2) is 27.9 Å². The molecule has 0 amide bonds. The largest absolute Gasteiger partial charge is 0.361 e. The lowest BCUT2D eigenvalue weighted by Crippen LogP contribution is -2.52. The highest BCUT2D eigenvalue weighted by molar-refractivity contribution is 5.50. The fraction of sp³-hybridized carbons (Fsp3) is 0.720. The van der Waals surface area contributed by atoms with E-state index in [1.165, 1.54) is 173 Å². The van der Waals surface area contributed by atoms with E-state index in [-0.39, 0.29) is 0 Å². The topological polar surface area (TPSA) is 6.48 Å². The molecular formula is C50H70N2. The Kier molecular flexibility index (Phi) is 9.98. The molecule has 9 aliphatic carbocycles. The van der Waals surface area contributed by atoms with Crippen molar-refractivity contribution >= 4 is 0 Å². The fourth-order valence-electron chi connectivity index (χ4n) is 14.2. The van der Waals surface area contributed by atoms with Gasteiger partial charge in [-0.1, -0.05) is 92.5 Å². The lowest BCUT2D eigenvalue weighted by Gasteiger charge is -2.50. The normalized spacial score (nSPS) is 38.2. The molecule has 52 heavy (non-hydrogen) atoms. The molecular weight excluding hydrogens is 629 g/mol. The lowest BCUT2D eigenvalue weighted by atomic mass is 9.64. The Hall–Kier alpha value is -2.22. The Balaban J connectivity index is 1.00. The van der Waals surface area contributed by atoms with Gasteiger partial charge in [0.15, 0.2) is 0 Å². The number of rotatable bonds is 6. The Morgan fingerprint density at radius 2 is 1.44 bits per heavy atom.